The average Bonchev–Trinajstić information content (AvgIpc) is 3.59. The van der Waals surface area contributed by atoms with Crippen molar-refractivity contribution >= 4 is 61.2 Å². The fraction of sp³-hybridized carbons (Fsp3) is 0.545. The highest BCUT2D eigenvalue weighted by atomic mass is 32.2. The lowest BCUT2D eigenvalue weighted by Gasteiger charge is -2.23. The van der Waals surface area contributed by atoms with E-state index in [0.717, 1.165) is 16.2 Å². The Kier molecular flexibility index (Phi) is 8.22. The summed E-state index contributed by atoms with van der Waals surface area (Å²) in [5.74, 6) is 0.585. The minimum atomic E-state index is -3.98. The maximum absolute atomic E-state index is 13.1. The summed E-state index contributed by atoms with van der Waals surface area (Å²) < 4.78 is 47.7. The maximum atomic E-state index is 13.1. The van der Waals surface area contributed by atoms with E-state index in [9.17, 15) is 22.8 Å². The molecule has 0 radical (unpaired) electrons. The number of amidine groups is 2. The number of sulfonamides is 1. The first-order valence-corrected chi connectivity index (χ1v) is 15.9. The minimum Gasteiger partial charge on any atom is -0.504 e. The van der Waals surface area contributed by atoms with Crippen LogP contribution < -0.4 is 10.6 Å². The number of hydrogen-bond acceptors (Lipinski definition) is 9. The zero-order chi connectivity index (χ0) is 26.2. The van der Waals surface area contributed by atoms with E-state index in [2.05, 4.69) is 58.6 Å². The molecule has 2 aliphatic heterocycles. The first-order valence-electron chi connectivity index (χ1n) is 11.7. The lowest BCUT2D eigenvalue weighted by atomic mass is 10.00. The molecule has 4 heterocycles. The molecule has 2 unspecified atom stereocenters. The quantitative estimate of drug-likeness (QED) is 0.378. The summed E-state index contributed by atoms with van der Waals surface area (Å²) in [7, 11) is -3.98. The first kappa shape index (κ1) is 27.2. The molecule has 198 valence electrons. The van der Waals surface area contributed by atoms with Crippen LogP contribution in [0.2, 0.25) is 0 Å². The molecule has 1 saturated heterocycles. The van der Waals surface area contributed by atoms with E-state index >= 15 is 0 Å². The highest BCUT2D eigenvalue weighted by Gasteiger charge is 2.38. The predicted octanol–water partition coefficient (Wildman–Crippen LogP) is 3.57. The number of aromatic hydroxyl groups is 1. The van der Waals surface area contributed by atoms with Crippen LogP contribution >= 0.6 is 22.7 Å². The lowest BCUT2D eigenvalue weighted by Crippen LogP contribution is -2.38. The molecule has 10 nitrogen and oxygen atoms in total. The highest BCUT2D eigenvalue weighted by molar-refractivity contribution is 7.91. The van der Waals surface area contributed by atoms with Gasteiger partial charge in [-0.15, -0.1) is 31.5 Å². The highest BCUT2D eigenvalue weighted by Crippen LogP contribution is 2.41. The zero-order valence-corrected chi connectivity index (χ0v) is 23.7. The molecule has 0 aromatic carbocycles. The number of nitrogens with one attached hydrogen (secondary N) is 2. The fourth-order valence-corrected chi connectivity index (χ4v) is 9.09. The van der Waals surface area contributed by atoms with Gasteiger partial charge in [-0.25, -0.2) is 12.6 Å². The smallest absolute Gasteiger partial charge is 0.269 e. The molecule has 0 spiro atoms. The first-order chi connectivity index (χ1) is 17.0. The van der Waals surface area contributed by atoms with Crippen molar-refractivity contribution in [2.24, 2.45) is 14.7 Å². The van der Waals surface area contributed by atoms with E-state index in [1.54, 1.807) is 11.3 Å². The third-order valence-electron chi connectivity index (χ3n) is 6.20. The Labute approximate surface area is 222 Å². The number of nitrogens with zero attached hydrogens (tertiary/aromatic N) is 3. The molecule has 0 aliphatic carbocycles. The Bertz CT molecular complexity index is 1300. The van der Waals surface area contributed by atoms with Crippen molar-refractivity contribution in [2.45, 2.75) is 62.7 Å². The Morgan fingerprint density at radius 3 is 2.56 bits per heavy atom. The van der Waals surface area contributed by atoms with Crippen LogP contribution in [0.1, 0.15) is 62.9 Å². The summed E-state index contributed by atoms with van der Waals surface area (Å²) in [6.45, 7) is 8.43. The molecule has 4 N–H and O–H groups in total. The summed E-state index contributed by atoms with van der Waals surface area (Å²) in [6, 6.07) is 1.55. The van der Waals surface area contributed by atoms with Crippen molar-refractivity contribution in [1.29, 1.82) is 0 Å². The minimum absolute atomic E-state index is 0.110. The molecule has 0 amide bonds. The van der Waals surface area contributed by atoms with Crippen LogP contribution in [-0.2, 0) is 21.2 Å². The molecule has 14 heteroatoms. The van der Waals surface area contributed by atoms with Gasteiger partial charge < -0.3 is 20.8 Å². The molecule has 1 fully saturated rings. The molecular formula is C22H31N5O5S4. The molecular weight excluding hydrogens is 543 g/mol. The van der Waals surface area contributed by atoms with E-state index in [4.69, 9.17) is 0 Å². The van der Waals surface area contributed by atoms with Gasteiger partial charge in [-0.05, 0) is 41.7 Å². The van der Waals surface area contributed by atoms with Crippen LogP contribution in [0, 0.1) is 5.92 Å². The van der Waals surface area contributed by atoms with Crippen LogP contribution in [0.5, 0.6) is 5.75 Å². The summed E-state index contributed by atoms with van der Waals surface area (Å²) in [6.07, 6.45) is 1.22. The van der Waals surface area contributed by atoms with E-state index in [0.29, 0.717) is 18.8 Å². The van der Waals surface area contributed by atoms with Gasteiger partial charge in [-0.1, -0.05) is 27.7 Å². The SMILES string of the molecule is CC(C)c1csc([C@H](NC2=NS(=O)N=C2Nc2csc(S(=O)(=O)N3CCCC3CO)c2O)C(C)C)c1. The monoisotopic (exact) mass is 573 g/mol. The van der Waals surface area contributed by atoms with Crippen molar-refractivity contribution in [3.05, 3.63) is 27.3 Å². The summed E-state index contributed by atoms with van der Waals surface area (Å²) in [4.78, 5) is 1.12. The second kappa shape index (κ2) is 10.9. The van der Waals surface area contributed by atoms with Crippen LogP contribution in [0.25, 0.3) is 0 Å². The Hall–Kier alpha value is -1.84. The standard InChI is InChI=1S/C22H31N5O5S4/c1-12(2)14-8-17(33-10-14)18(13(3)4)24-21-20(25-35(30)26-21)23-16-11-34-22(19(16)29)36(31,32)27-7-5-6-15(27)9-28/h8,10-13,15,18,28-29H,5-7,9H2,1-4H3,(H,23,25)(H,24,26)/t15?,18-,35?/m1/s1. The van der Waals surface area contributed by atoms with Crippen LogP contribution in [0.3, 0.4) is 0 Å². The Morgan fingerprint density at radius 2 is 1.92 bits per heavy atom. The van der Waals surface area contributed by atoms with Crippen molar-refractivity contribution in [1.82, 2.24) is 9.62 Å². The van der Waals surface area contributed by atoms with Gasteiger partial charge in [0.1, 0.15) is 0 Å². The van der Waals surface area contributed by atoms with Gasteiger partial charge in [0.15, 0.2) is 21.6 Å². The van der Waals surface area contributed by atoms with Gasteiger partial charge in [-0.3, -0.25) is 0 Å². The van der Waals surface area contributed by atoms with Gasteiger partial charge in [0.2, 0.25) is 0 Å². The van der Waals surface area contributed by atoms with E-state index < -0.39 is 33.0 Å². The number of hydrogen-bond donors (Lipinski definition) is 4. The van der Waals surface area contributed by atoms with Gasteiger partial charge in [0.05, 0.1) is 18.3 Å². The number of thiophene rings is 2. The topological polar surface area (TPSA) is 144 Å². The van der Waals surface area contributed by atoms with E-state index in [1.807, 2.05) is 0 Å². The van der Waals surface area contributed by atoms with Crippen molar-refractivity contribution in [3.63, 3.8) is 0 Å². The van der Waals surface area contributed by atoms with Gasteiger partial charge in [-0.2, -0.15) is 4.31 Å². The van der Waals surface area contributed by atoms with E-state index in [1.165, 1.54) is 15.2 Å². The number of anilines is 1. The summed E-state index contributed by atoms with van der Waals surface area (Å²) >= 11 is 0.673. The molecule has 0 bridgehead atoms. The second-order valence-electron chi connectivity index (χ2n) is 9.42. The number of rotatable bonds is 8. The number of aliphatic hydroxyl groups excluding tert-OH is 1. The molecule has 36 heavy (non-hydrogen) atoms. The van der Waals surface area contributed by atoms with Gasteiger partial charge in [0, 0.05) is 22.8 Å². The number of aliphatic hydroxyl groups is 1. The fourth-order valence-electron chi connectivity index (χ4n) is 4.14. The Balaban J connectivity index is 1.55. The van der Waals surface area contributed by atoms with Crippen LogP contribution in [0.4, 0.5) is 5.69 Å². The molecule has 2 aromatic heterocycles. The molecule has 3 atom stereocenters. The predicted molar refractivity (Wildman–Crippen MR) is 146 cm³/mol. The van der Waals surface area contributed by atoms with Gasteiger partial charge in [0.25, 0.3) is 21.2 Å². The maximum Gasteiger partial charge on any atom is 0.269 e. The van der Waals surface area contributed by atoms with Crippen LogP contribution in [0.15, 0.2) is 29.8 Å². The second-order valence-corrected chi connectivity index (χ2v) is 14.2. The van der Waals surface area contributed by atoms with E-state index in [-0.39, 0.29) is 46.7 Å². The summed E-state index contributed by atoms with van der Waals surface area (Å²) in [5, 5.41) is 30.2. The largest absolute Gasteiger partial charge is 0.504 e. The third-order valence-corrected chi connectivity index (χ3v) is 11.4. The third kappa shape index (κ3) is 5.38. The molecule has 2 aliphatic rings. The summed E-state index contributed by atoms with van der Waals surface area (Å²) in [5.41, 5.74) is 1.37. The van der Waals surface area contributed by atoms with Crippen molar-refractivity contribution < 1.29 is 22.8 Å². The molecule has 4 rings (SSSR count). The normalized spacial score (nSPS) is 21.8. The van der Waals surface area contributed by atoms with Crippen molar-refractivity contribution in [3.8, 4) is 5.75 Å². The lowest BCUT2D eigenvalue weighted by molar-refractivity contribution is 0.213. The van der Waals surface area contributed by atoms with Crippen molar-refractivity contribution in [2.75, 3.05) is 18.5 Å². The Morgan fingerprint density at radius 1 is 1.19 bits per heavy atom. The van der Waals surface area contributed by atoms with Gasteiger partial charge >= 0.3 is 0 Å². The molecule has 0 saturated carbocycles. The average molecular weight is 574 g/mol. The van der Waals surface area contributed by atoms with Crippen LogP contribution in [-0.4, -0.2) is 58.0 Å². The zero-order valence-electron chi connectivity index (χ0n) is 20.5. The molecule has 2 aromatic rings.